The van der Waals surface area contributed by atoms with Gasteiger partial charge < -0.3 is 14.8 Å². The molecule has 100 valence electrons. The zero-order valence-electron chi connectivity index (χ0n) is 11.4. The van der Waals surface area contributed by atoms with E-state index in [-0.39, 0.29) is 5.54 Å². The largest absolute Gasteiger partial charge is 0.495 e. The second-order valence-corrected chi connectivity index (χ2v) is 5.36. The van der Waals surface area contributed by atoms with Gasteiger partial charge in [0.15, 0.2) is 0 Å². The Labute approximate surface area is 113 Å². The number of aryl methyl sites for hydroxylation is 1. The van der Waals surface area contributed by atoms with Crippen LogP contribution in [0.1, 0.15) is 30.9 Å². The molecule has 0 radical (unpaired) electrons. The molecule has 1 saturated heterocycles. The van der Waals surface area contributed by atoms with E-state index in [0.29, 0.717) is 10.8 Å². The Kier molecular flexibility index (Phi) is 3.74. The molecule has 0 bridgehead atoms. The molecule has 1 atom stereocenters. The zero-order valence-corrected chi connectivity index (χ0v) is 12.1. The Morgan fingerprint density at radius 2 is 1.94 bits per heavy atom. The first-order valence-electron chi connectivity index (χ1n) is 6.20. The predicted molar refractivity (Wildman–Crippen MR) is 73.9 cm³/mol. The maximum atomic E-state index is 6.38. The average Bonchev–Trinajstić information content (AvgIpc) is 2.77. The lowest BCUT2D eigenvalue weighted by Gasteiger charge is -2.28. The molecule has 1 unspecified atom stereocenters. The minimum Gasteiger partial charge on any atom is -0.495 e. The van der Waals surface area contributed by atoms with Gasteiger partial charge in [-0.3, -0.25) is 0 Å². The van der Waals surface area contributed by atoms with Crippen molar-refractivity contribution in [3.8, 4) is 11.5 Å². The highest BCUT2D eigenvalue weighted by Crippen LogP contribution is 2.45. The van der Waals surface area contributed by atoms with E-state index in [1.165, 1.54) is 6.42 Å². The number of benzene rings is 1. The highest BCUT2D eigenvalue weighted by atomic mass is 35.5. The lowest BCUT2D eigenvalue weighted by molar-refractivity contribution is 0.362. The number of rotatable bonds is 3. The monoisotopic (exact) mass is 269 g/mol. The van der Waals surface area contributed by atoms with Gasteiger partial charge in [-0.25, -0.2) is 0 Å². The Hall–Kier alpha value is -0.930. The number of hydrogen-bond acceptors (Lipinski definition) is 3. The second-order valence-electron chi connectivity index (χ2n) is 4.98. The van der Waals surface area contributed by atoms with Crippen molar-refractivity contribution < 1.29 is 9.47 Å². The summed E-state index contributed by atoms with van der Waals surface area (Å²) in [5.41, 5.74) is 2.09. The van der Waals surface area contributed by atoms with Crippen molar-refractivity contribution in [3.63, 3.8) is 0 Å². The first kappa shape index (κ1) is 13.5. The molecular formula is C14H20ClNO2. The van der Waals surface area contributed by atoms with Gasteiger partial charge in [0.1, 0.15) is 16.5 Å². The Morgan fingerprint density at radius 3 is 2.44 bits per heavy atom. The third-order valence-electron chi connectivity index (χ3n) is 3.73. The van der Waals surface area contributed by atoms with E-state index < -0.39 is 0 Å². The van der Waals surface area contributed by atoms with Gasteiger partial charge in [0.25, 0.3) is 0 Å². The van der Waals surface area contributed by atoms with Crippen LogP contribution in [0.5, 0.6) is 11.5 Å². The highest BCUT2D eigenvalue weighted by molar-refractivity contribution is 6.33. The van der Waals surface area contributed by atoms with Gasteiger partial charge >= 0.3 is 0 Å². The standard InChI is InChI=1S/C14H20ClNO2/c1-9-8-10(14(2)6-5-7-16-14)13(18-4)11(15)12(9)17-3/h8,16H,5-7H2,1-4H3. The fourth-order valence-electron chi connectivity index (χ4n) is 2.73. The summed E-state index contributed by atoms with van der Waals surface area (Å²) in [5.74, 6) is 1.41. The van der Waals surface area contributed by atoms with E-state index in [4.69, 9.17) is 21.1 Å². The van der Waals surface area contributed by atoms with Crippen molar-refractivity contribution in [1.82, 2.24) is 5.32 Å². The maximum absolute atomic E-state index is 6.38. The molecule has 1 aliphatic heterocycles. The minimum atomic E-state index is -0.0635. The summed E-state index contributed by atoms with van der Waals surface area (Å²) in [4.78, 5) is 0. The zero-order chi connectivity index (χ0) is 13.3. The number of nitrogens with one attached hydrogen (secondary N) is 1. The van der Waals surface area contributed by atoms with Gasteiger partial charge in [-0.2, -0.15) is 0 Å². The number of hydrogen-bond donors (Lipinski definition) is 1. The first-order chi connectivity index (χ1) is 8.53. The van der Waals surface area contributed by atoms with Crippen molar-refractivity contribution in [1.29, 1.82) is 0 Å². The van der Waals surface area contributed by atoms with Crippen LogP contribution in [0.4, 0.5) is 0 Å². The van der Waals surface area contributed by atoms with Crippen LogP contribution in [0.15, 0.2) is 6.07 Å². The Bertz CT molecular complexity index is 454. The molecule has 1 aromatic carbocycles. The average molecular weight is 270 g/mol. The van der Waals surface area contributed by atoms with Crippen LogP contribution < -0.4 is 14.8 Å². The summed E-state index contributed by atoms with van der Waals surface area (Å²) >= 11 is 6.38. The first-order valence-corrected chi connectivity index (χ1v) is 6.58. The van der Waals surface area contributed by atoms with E-state index in [1.54, 1.807) is 14.2 Å². The second kappa shape index (κ2) is 4.98. The molecule has 18 heavy (non-hydrogen) atoms. The van der Waals surface area contributed by atoms with Gasteiger partial charge in [0.05, 0.1) is 14.2 Å². The fourth-order valence-corrected chi connectivity index (χ4v) is 3.13. The fraction of sp³-hybridized carbons (Fsp3) is 0.571. The molecule has 1 aromatic rings. The number of ether oxygens (including phenoxy) is 2. The van der Waals surface area contributed by atoms with Crippen molar-refractivity contribution in [3.05, 3.63) is 22.2 Å². The van der Waals surface area contributed by atoms with Crippen molar-refractivity contribution >= 4 is 11.6 Å². The molecule has 3 nitrogen and oxygen atoms in total. The van der Waals surface area contributed by atoms with E-state index in [2.05, 4.69) is 18.3 Å². The summed E-state index contributed by atoms with van der Waals surface area (Å²) in [5, 5.41) is 4.10. The van der Waals surface area contributed by atoms with Gasteiger partial charge in [0.2, 0.25) is 0 Å². The van der Waals surface area contributed by atoms with Crippen LogP contribution in [-0.2, 0) is 5.54 Å². The summed E-state index contributed by atoms with van der Waals surface area (Å²) in [6.45, 7) is 5.23. The molecule has 1 fully saturated rings. The summed E-state index contributed by atoms with van der Waals surface area (Å²) < 4.78 is 10.8. The molecule has 2 rings (SSSR count). The molecule has 1 aliphatic rings. The quantitative estimate of drug-likeness (QED) is 0.914. The van der Waals surface area contributed by atoms with E-state index >= 15 is 0 Å². The van der Waals surface area contributed by atoms with Crippen LogP contribution in [0, 0.1) is 6.92 Å². The minimum absolute atomic E-state index is 0.0635. The molecular weight excluding hydrogens is 250 g/mol. The summed E-state index contributed by atoms with van der Waals surface area (Å²) in [6, 6.07) is 2.11. The van der Waals surface area contributed by atoms with Crippen LogP contribution >= 0.6 is 11.6 Å². The van der Waals surface area contributed by atoms with Gasteiger partial charge in [-0.15, -0.1) is 0 Å². The normalized spacial score (nSPS) is 23.2. The summed E-state index contributed by atoms with van der Waals surface area (Å²) in [6.07, 6.45) is 2.26. The van der Waals surface area contributed by atoms with E-state index in [1.807, 2.05) is 6.92 Å². The maximum Gasteiger partial charge on any atom is 0.146 e. The number of halogens is 1. The molecule has 4 heteroatoms. The molecule has 1 heterocycles. The highest BCUT2D eigenvalue weighted by Gasteiger charge is 2.34. The van der Waals surface area contributed by atoms with Gasteiger partial charge in [0, 0.05) is 11.1 Å². The molecule has 1 N–H and O–H groups in total. The molecule has 0 aliphatic carbocycles. The topological polar surface area (TPSA) is 30.5 Å². The smallest absolute Gasteiger partial charge is 0.146 e. The molecule has 0 spiro atoms. The van der Waals surface area contributed by atoms with Gasteiger partial charge in [-0.1, -0.05) is 11.6 Å². The molecule has 0 amide bonds. The van der Waals surface area contributed by atoms with Crippen LogP contribution in [-0.4, -0.2) is 20.8 Å². The van der Waals surface area contributed by atoms with E-state index in [9.17, 15) is 0 Å². The Balaban J connectivity index is 2.60. The van der Waals surface area contributed by atoms with Crippen molar-refractivity contribution in [2.75, 3.05) is 20.8 Å². The van der Waals surface area contributed by atoms with Crippen LogP contribution in [0.25, 0.3) is 0 Å². The predicted octanol–water partition coefficient (Wildman–Crippen LogP) is 3.26. The third-order valence-corrected chi connectivity index (χ3v) is 4.08. The lowest BCUT2D eigenvalue weighted by Crippen LogP contribution is -2.33. The molecule has 0 aromatic heterocycles. The SMILES string of the molecule is COc1c(C)cc(C2(C)CCCN2)c(OC)c1Cl. The number of methoxy groups -OCH3 is 2. The van der Waals surface area contributed by atoms with Crippen LogP contribution in [0.2, 0.25) is 5.02 Å². The van der Waals surface area contributed by atoms with E-state index in [0.717, 1.165) is 29.8 Å². The van der Waals surface area contributed by atoms with Gasteiger partial charge in [-0.05, 0) is 44.9 Å². The third kappa shape index (κ3) is 2.06. The molecule has 0 saturated carbocycles. The summed E-state index contributed by atoms with van der Waals surface area (Å²) in [7, 11) is 3.28. The lowest BCUT2D eigenvalue weighted by atomic mass is 9.88. The van der Waals surface area contributed by atoms with Crippen molar-refractivity contribution in [2.45, 2.75) is 32.2 Å². The van der Waals surface area contributed by atoms with Crippen LogP contribution in [0.3, 0.4) is 0 Å². The van der Waals surface area contributed by atoms with Crippen molar-refractivity contribution in [2.24, 2.45) is 0 Å². The Morgan fingerprint density at radius 1 is 1.28 bits per heavy atom.